The highest BCUT2D eigenvalue weighted by atomic mass is 79.9. The molecule has 0 atom stereocenters. The molecule has 0 aromatic heterocycles. The lowest BCUT2D eigenvalue weighted by Crippen LogP contribution is -2.09. The van der Waals surface area contributed by atoms with Crippen molar-refractivity contribution in [3.63, 3.8) is 0 Å². The SMILES string of the molecule is CCOC(=O)Cc1cc(Cl)c(F)cc1CBr. The Morgan fingerprint density at radius 3 is 2.75 bits per heavy atom. The van der Waals surface area contributed by atoms with E-state index < -0.39 is 5.82 Å². The molecule has 5 heteroatoms. The van der Waals surface area contributed by atoms with Crippen molar-refractivity contribution in [3.8, 4) is 0 Å². The quantitative estimate of drug-likeness (QED) is 0.629. The number of ether oxygens (including phenoxy) is 1. The molecule has 0 aliphatic rings. The van der Waals surface area contributed by atoms with Crippen LogP contribution in [0.3, 0.4) is 0 Å². The van der Waals surface area contributed by atoms with E-state index in [0.717, 1.165) is 0 Å². The van der Waals surface area contributed by atoms with Crippen LogP contribution in [0.1, 0.15) is 18.1 Å². The molecule has 1 rings (SSSR count). The van der Waals surface area contributed by atoms with Crippen LogP contribution in [0.4, 0.5) is 4.39 Å². The lowest BCUT2D eigenvalue weighted by molar-refractivity contribution is -0.142. The van der Waals surface area contributed by atoms with Crippen LogP contribution < -0.4 is 0 Å². The van der Waals surface area contributed by atoms with Crippen LogP contribution >= 0.6 is 27.5 Å². The molecule has 0 unspecified atom stereocenters. The molecule has 0 aliphatic heterocycles. The average Bonchev–Trinajstić information content (AvgIpc) is 2.23. The molecule has 1 aromatic rings. The molecule has 0 amide bonds. The van der Waals surface area contributed by atoms with Crippen LogP contribution in [0, 0.1) is 5.82 Å². The van der Waals surface area contributed by atoms with Gasteiger partial charge in [0.2, 0.25) is 0 Å². The minimum absolute atomic E-state index is 0.0176. The molecule has 0 radical (unpaired) electrons. The maximum absolute atomic E-state index is 13.2. The van der Waals surface area contributed by atoms with Crippen LogP contribution in [0.25, 0.3) is 0 Å². The van der Waals surface area contributed by atoms with Gasteiger partial charge in [-0.1, -0.05) is 27.5 Å². The summed E-state index contributed by atoms with van der Waals surface area (Å²) in [5.41, 5.74) is 1.39. The normalized spacial score (nSPS) is 10.2. The van der Waals surface area contributed by atoms with Crippen LogP contribution in [0.5, 0.6) is 0 Å². The fourth-order valence-electron chi connectivity index (χ4n) is 1.29. The standard InChI is InChI=1S/C11H11BrClFO2/c1-2-16-11(15)5-7-3-9(13)10(14)4-8(7)6-12/h3-4H,2,5-6H2,1H3. The number of carbonyl (C=O) groups excluding carboxylic acids is 1. The van der Waals surface area contributed by atoms with E-state index in [-0.39, 0.29) is 17.4 Å². The topological polar surface area (TPSA) is 26.3 Å². The smallest absolute Gasteiger partial charge is 0.310 e. The highest BCUT2D eigenvalue weighted by Crippen LogP contribution is 2.22. The number of carbonyl (C=O) groups is 1. The van der Waals surface area contributed by atoms with Gasteiger partial charge in [-0.3, -0.25) is 4.79 Å². The first kappa shape index (κ1) is 13.5. The zero-order chi connectivity index (χ0) is 12.1. The fraction of sp³-hybridized carbons (Fsp3) is 0.364. The van der Waals surface area contributed by atoms with Crippen molar-refractivity contribution >= 4 is 33.5 Å². The summed E-state index contributed by atoms with van der Waals surface area (Å²) in [4.78, 5) is 11.3. The summed E-state index contributed by atoms with van der Waals surface area (Å²) in [5.74, 6) is -0.823. The Bertz CT molecular complexity index is 396. The molecule has 0 fully saturated rings. The monoisotopic (exact) mass is 308 g/mol. The second kappa shape index (κ2) is 6.21. The molecule has 16 heavy (non-hydrogen) atoms. The number of alkyl halides is 1. The first-order valence-electron chi connectivity index (χ1n) is 4.76. The van der Waals surface area contributed by atoms with Crippen LogP contribution in [0.15, 0.2) is 12.1 Å². The third kappa shape index (κ3) is 3.46. The molecule has 0 bridgehead atoms. The summed E-state index contributed by atoms with van der Waals surface area (Å²) in [6, 6.07) is 2.79. The van der Waals surface area contributed by atoms with Gasteiger partial charge in [-0.25, -0.2) is 4.39 Å². The Balaban J connectivity index is 2.94. The Morgan fingerprint density at radius 2 is 2.19 bits per heavy atom. The number of hydrogen-bond donors (Lipinski definition) is 0. The number of benzene rings is 1. The third-order valence-corrected chi connectivity index (χ3v) is 2.92. The van der Waals surface area contributed by atoms with Gasteiger partial charge in [-0.05, 0) is 30.2 Å². The van der Waals surface area contributed by atoms with Gasteiger partial charge in [0, 0.05) is 5.33 Å². The lowest BCUT2D eigenvalue weighted by Gasteiger charge is -2.08. The van der Waals surface area contributed by atoms with Crippen molar-refractivity contribution in [2.24, 2.45) is 0 Å². The summed E-state index contributed by atoms with van der Waals surface area (Å²) in [6.07, 6.45) is 0.106. The Labute approximate surface area is 107 Å². The zero-order valence-electron chi connectivity index (χ0n) is 8.73. The van der Waals surface area contributed by atoms with E-state index in [1.807, 2.05) is 0 Å². The van der Waals surface area contributed by atoms with Crippen LogP contribution in [0.2, 0.25) is 5.02 Å². The number of rotatable bonds is 4. The maximum atomic E-state index is 13.2. The molecular formula is C11H11BrClFO2. The van der Waals surface area contributed by atoms with Crippen LogP contribution in [-0.4, -0.2) is 12.6 Å². The Morgan fingerprint density at radius 1 is 1.50 bits per heavy atom. The van der Waals surface area contributed by atoms with E-state index in [1.54, 1.807) is 6.92 Å². The van der Waals surface area contributed by atoms with E-state index in [4.69, 9.17) is 16.3 Å². The summed E-state index contributed by atoms with van der Waals surface area (Å²) in [6.45, 7) is 2.07. The van der Waals surface area contributed by atoms with E-state index in [9.17, 15) is 9.18 Å². The Hall–Kier alpha value is -0.610. The predicted molar refractivity (Wildman–Crippen MR) is 64.4 cm³/mol. The summed E-state index contributed by atoms with van der Waals surface area (Å²) in [5, 5.41) is 0.486. The highest BCUT2D eigenvalue weighted by molar-refractivity contribution is 9.08. The maximum Gasteiger partial charge on any atom is 0.310 e. The van der Waals surface area contributed by atoms with Gasteiger partial charge in [-0.2, -0.15) is 0 Å². The first-order valence-corrected chi connectivity index (χ1v) is 6.26. The first-order chi connectivity index (χ1) is 7.58. The van der Waals surface area contributed by atoms with Crippen molar-refractivity contribution in [2.75, 3.05) is 6.61 Å². The van der Waals surface area contributed by atoms with Crippen molar-refractivity contribution in [3.05, 3.63) is 34.1 Å². The zero-order valence-corrected chi connectivity index (χ0v) is 11.1. The minimum atomic E-state index is -0.483. The molecule has 0 heterocycles. The van der Waals surface area contributed by atoms with Crippen LogP contribution in [-0.2, 0) is 21.3 Å². The molecular weight excluding hydrogens is 298 g/mol. The third-order valence-electron chi connectivity index (χ3n) is 2.03. The van der Waals surface area contributed by atoms with E-state index in [1.165, 1.54) is 12.1 Å². The summed E-state index contributed by atoms with van der Waals surface area (Å²) < 4.78 is 18.0. The second-order valence-electron chi connectivity index (χ2n) is 3.15. The molecule has 0 spiro atoms. The van der Waals surface area contributed by atoms with Crippen molar-refractivity contribution in [2.45, 2.75) is 18.7 Å². The lowest BCUT2D eigenvalue weighted by atomic mass is 10.1. The molecule has 0 aliphatic carbocycles. The average molecular weight is 310 g/mol. The number of hydrogen-bond acceptors (Lipinski definition) is 2. The van der Waals surface area contributed by atoms with Gasteiger partial charge >= 0.3 is 5.97 Å². The number of esters is 1. The molecule has 0 N–H and O–H groups in total. The minimum Gasteiger partial charge on any atom is -0.466 e. The molecule has 1 aromatic carbocycles. The van der Waals surface area contributed by atoms with Gasteiger partial charge in [0.25, 0.3) is 0 Å². The van der Waals surface area contributed by atoms with Crippen molar-refractivity contribution in [1.82, 2.24) is 0 Å². The Kier molecular flexibility index (Phi) is 5.22. The van der Waals surface area contributed by atoms with Gasteiger partial charge in [-0.15, -0.1) is 0 Å². The summed E-state index contributed by atoms with van der Waals surface area (Å²) in [7, 11) is 0. The van der Waals surface area contributed by atoms with E-state index in [2.05, 4.69) is 15.9 Å². The van der Waals surface area contributed by atoms with Gasteiger partial charge in [0.15, 0.2) is 0 Å². The van der Waals surface area contributed by atoms with Gasteiger partial charge in [0.1, 0.15) is 5.82 Å². The van der Waals surface area contributed by atoms with E-state index in [0.29, 0.717) is 23.1 Å². The molecule has 2 nitrogen and oxygen atoms in total. The van der Waals surface area contributed by atoms with Crippen molar-refractivity contribution < 1.29 is 13.9 Å². The van der Waals surface area contributed by atoms with Gasteiger partial charge < -0.3 is 4.74 Å². The molecule has 0 saturated heterocycles. The molecule has 88 valence electrons. The predicted octanol–water partition coefficient (Wildman–Crippen LogP) is 3.48. The van der Waals surface area contributed by atoms with E-state index >= 15 is 0 Å². The molecule has 0 saturated carbocycles. The largest absolute Gasteiger partial charge is 0.466 e. The number of halogens is 3. The van der Waals surface area contributed by atoms with Gasteiger partial charge in [0.05, 0.1) is 18.1 Å². The summed E-state index contributed by atoms with van der Waals surface area (Å²) >= 11 is 8.89. The van der Waals surface area contributed by atoms with Crippen molar-refractivity contribution in [1.29, 1.82) is 0 Å². The second-order valence-corrected chi connectivity index (χ2v) is 4.12. The fourth-order valence-corrected chi connectivity index (χ4v) is 1.99. The highest BCUT2D eigenvalue weighted by Gasteiger charge is 2.12.